The third-order valence-electron chi connectivity index (χ3n) is 6.16. The molecule has 2 heterocycles. The summed E-state index contributed by atoms with van der Waals surface area (Å²) in [4.78, 5) is 18.4. The monoisotopic (exact) mass is 531 g/mol. The van der Waals surface area contributed by atoms with Crippen molar-refractivity contribution in [2.75, 3.05) is 17.7 Å². The predicted octanol–water partition coefficient (Wildman–Crippen LogP) is 6.47. The van der Waals surface area contributed by atoms with Gasteiger partial charge in [0.2, 0.25) is 11.1 Å². The first-order valence-electron chi connectivity index (χ1n) is 11.8. The Hall–Kier alpha value is -3.75. The molecule has 1 aromatic heterocycles. The molecule has 9 heteroatoms. The van der Waals surface area contributed by atoms with Crippen LogP contribution in [0.15, 0.2) is 89.2 Å². The number of anilines is 2. The smallest absolute Gasteiger partial charge is 0.255 e. The number of hydrogen-bond donors (Lipinski definition) is 2. The molecule has 0 saturated heterocycles. The second-order valence-corrected chi connectivity index (χ2v) is 10.1. The number of aromatic nitrogens is 3. The molecule has 1 amide bonds. The van der Waals surface area contributed by atoms with Crippen molar-refractivity contribution in [3.63, 3.8) is 0 Å². The predicted molar refractivity (Wildman–Crippen MR) is 148 cm³/mol. The van der Waals surface area contributed by atoms with Crippen LogP contribution in [0.3, 0.4) is 0 Å². The van der Waals surface area contributed by atoms with Gasteiger partial charge in [0, 0.05) is 22.2 Å². The van der Waals surface area contributed by atoms with E-state index in [1.807, 2.05) is 86.6 Å². The minimum atomic E-state index is -0.476. The minimum Gasteiger partial charge on any atom is -0.497 e. The van der Waals surface area contributed by atoms with Gasteiger partial charge in [-0.25, -0.2) is 4.68 Å². The highest BCUT2D eigenvalue weighted by Crippen LogP contribution is 2.37. The first-order chi connectivity index (χ1) is 17.9. The Morgan fingerprint density at radius 1 is 1.11 bits per heavy atom. The number of nitrogens with one attached hydrogen (secondary N) is 2. The molecule has 2 N–H and O–H groups in total. The number of thioether (sulfide) groups is 1. The van der Waals surface area contributed by atoms with E-state index < -0.39 is 6.04 Å². The summed E-state index contributed by atoms with van der Waals surface area (Å²) in [7, 11) is 1.65. The maximum Gasteiger partial charge on any atom is 0.255 e. The van der Waals surface area contributed by atoms with Crippen LogP contribution in [0.1, 0.15) is 29.7 Å². The molecule has 188 valence electrons. The van der Waals surface area contributed by atoms with Crippen molar-refractivity contribution in [3.8, 4) is 5.75 Å². The van der Waals surface area contributed by atoms with Gasteiger partial charge in [-0.15, -0.1) is 5.10 Å². The van der Waals surface area contributed by atoms with E-state index in [2.05, 4.69) is 10.6 Å². The number of rotatable bonds is 7. The number of hydrogen-bond acceptors (Lipinski definition) is 6. The molecule has 0 unspecified atom stereocenters. The Kier molecular flexibility index (Phi) is 7.21. The van der Waals surface area contributed by atoms with Crippen LogP contribution in [0.2, 0.25) is 5.02 Å². The largest absolute Gasteiger partial charge is 0.497 e. The van der Waals surface area contributed by atoms with E-state index in [0.29, 0.717) is 27.5 Å². The first-order valence-corrected chi connectivity index (χ1v) is 13.1. The molecule has 5 rings (SSSR count). The number of benzene rings is 3. The molecule has 1 aliphatic rings. The topological polar surface area (TPSA) is 81.1 Å². The molecule has 0 spiro atoms. The van der Waals surface area contributed by atoms with E-state index in [-0.39, 0.29) is 5.91 Å². The number of aryl methyl sites for hydroxylation is 1. The average Bonchev–Trinajstić information content (AvgIpc) is 3.31. The normalized spacial score (nSPS) is 14.6. The lowest BCUT2D eigenvalue weighted by Crippen LogP contribution is -2.31. The first kappa shape index (κ1) is 24.9. The second kappa shape index (κ2) is 10.7. The fourth-order valence-electron chi connectivity index (χ4n) is 4.25. The molecule has 3 aromatic carbocycles. The zero-order valence-corrected chi connectivity index (χ0v) is 22.2. The molecular weight excluding hydrogens is 506 g/mol. The third-order valence-corrected chi connectivity index (χ3v) is 7.32. The standard InChI is InChI=1S/C28H26ClN5O2S/c1-17-7-4-5-10-23(17)31-26(35)24-18(2)30-27-32-28(37-16-19-8-6-9-22(15-19)36-3)33-34(27)25(24)20-11-13-21(29)14-12-20/h4-15,25H,16H2,1-3H3,(H,31,35)(H,30,32,33)/t25-/m0/s1. The van der Waals surface area contributed by atoms with Gasteiger partial charge in [0.15, 0.2) is 0 Å². The van der Waals surface area contributed by atoms with Gasteiger partial charge in [-0.2, -0.15) is 4.98 Å². The van der Waals surface area contributed by atoms with Crippen LogP contribution < -0.4 is 15.4 Å². The number of carbonyl (C=O) groups is 1. The molecule has 0 saturated carbocycles. The van der Waals surface area contributed by atoms with Crippen molar-refractivity contribution >= 4 is 40.9 Å². The van der Waals surface area contributed by atoms with E-state index in [9.17, 15) is 4.79 Å². The summed E-state index contributed by atoms with van der Waals surface area (Å²) >= 11 is 7.70. The van der Waals surface area contributed by atoms with Crippen molar-refractivity contribution in [1.82, 2.24) is 14.8 Å². The molecular formula is C28H26ClN5O2S. The number of carbonyl (C=O) groups excluding carboxylic acids is 1. The van der Waals surface area contributed by atoms with Crippen LogP contribution in [-0.2, 0) is 10.5 Å². The molecule has 1 aliphatic heterocycles. The maximum absolute atomic E-state index is 13.7. The zero-order valence-electron chi connectivity index (χ0n) is 20.7. The van der Waals surface area contributed by atoms with Crippen LogP contribution in [0.4, 0.5) is 11.6 Å². The van der Waals surface area contributed by atoms with Crippen molar-refractivity contribution in [1.29, 1.82) is 0 Å². The van der Waals surface area contributed by atoms with Gasteiger partial charge in [-0.1, -0.05) is 65.8 Å². The molecule has 37 heavy (non-hydrogen) atoms. The Labute approximate surface area is 224 Å². The Balaban J connectivity index is 1.48. The highest BCUT2D eigenvalue weighted by Gasteiger charge is 2.34. The van der Waals surface area contributed by atoms with Crippen molar-refractivity contribution in [3.05, 3.63) is 106 Å². The van der Waals surface area contributed by atoms with Crippen molar-refractivity contribution in [2.45, 2.75) is 30.8 Å². The minimum absolute atomic E-state index is 0.203. The number of methoxy groups -OCH3 is 1. The summed E-state index contributed by atoms with van der Waals surface area (Å²) in [6, 6.07) is 22.6. The van der Waals surface area contributed by atoms with Crippen LogP contribution in [0.5, 0.6) is 5.75 Å². The van der Waals surface area contributed by atoms with Gasteiger partial charge in [0.25, 0.3) is 5.91 Å². The van der Waals surface area contributed by atoms with Crippen LogP contribution >= 0.6 is 23.4 Å². The maximum atomic E-state index is 13.7. The lowest BCUT2D eigenvalue weighted by Gasteiger charge is -2.28. The van der Waals surface area contributed by atoms with Gasteiger partial charge >= 0.3 is 0 Å². The highest BCUT2D eigenvalue weighted by molar-refractivity contribution is 7.98. The van der Waals surface area contributed by atoms with Gasteiger partial charge in [0.1, 0.15) is 11.8 Å². The van der Waals surface area contributed by atoms with Crippen LogP contribution in [0, 0.1) is 6.92 Å². The summed E-state index contributed by atoms with van der Waals surface area (Å²) in [5.74, 6) is 1.87. The summed E-state index contributed by atoms with van der Waals surface area (Å²) < 4.78 is 7.11. The average molecular weight is 532 g/mol. The fraction of sp³-hybridized carbons (Fsp3) is 0.179. The number of fused-ring (bicyclic) bond motifs is 1. The second-order valence-electron chi connectivity index (χ2n) is 8.69. The SMILES string of the molecule is COc1cccc(CSc2nc3n(n2)[C@@H](c2ccc(Cl)cc2)C(C(=O)Nc2ccccc2C)=C(C)N3)c1. The van der Waals surface area contributed by atoms with Gasteiger partial charge in [-0.3, -0.25) is 4.79 Å². The van der Waals surface area contributed by atoms with E-state index in [1.165, 1.54) is 11.8 Å². The number of nitrogens with zero attached hydrogens (tertiary/aromatic N) is 3. The van der Waals surface area contributed by atoms with Gasteiger partial charge in [0.05, 0.1) is 12.7 Å². The number of halogens is 1. The molecule has 0 aliphatic carbocycles. The molecule has 4 aromatic rings. The zero-order chi connectivity index (χ0) is 25.9. The third kappa shape index (κ3) is 5.35. The van der Waals surface area contributed by atoms with Crippen LogP contribution in [0.25, 0.3) is 0 Å². The molecule has 0 radical (unpaired) electrons. The Bertz CT molecular complexity index is 1480. The van der Waals surface area contributed by atoms with Crippen molar-refractivity contribution < 1.29 is 9.53 Å². The number of allylic oxidation sites excluding steroid dienone is 1. The Morgan fingerprint density at radius 2 is 1.89 bits per heavy atom. The van der Waals surface area contributed by atoms with E-state index in [0.717, 1.165) is 33.8 Å². The van der Waals surface area contributed by atoms with Crippen LogP contribution in [-0.4, -0.2) is 27.8 Å². The van der Waals surface area contributed by atoms with Gasteiger partial charge < -0.3 is 15.4 Å². The molecule has 7 nitrogen and oxygen atoms in total. The summed E-state index contributed by atoms with van der Waals surface area (Å²) in [6.45, 7) is 3.85. The molecule has 1 atom stereocenters. The number of para-hydroxylation sites is 1. The number of amides is 1. The molecule has 0 fully saturated rings. The van der Waals surface area contributed by atoms with Gasteiger partial charge in [-0.05, 0) is 60.9 Å². The summed E-state index contributed by atoms with van der Waals surface area (Å²) in [5.41, 5.74) is 5.02. The fourth-order valence-corrected chi connectivity index (χ4v) is 5.15. The number of ether oxygens (including phenoxy) is 1. The van der Waals surface area contributed by atoms with E-state index in [4.69, 9.17) is 26.4 Å². The Morgan fingerprint density at radius 3 is 2.65 bits per heavy atom. The summed E-state index contributed by atoms with van der Waals surface area (Å²) in [5, 5.41) is 12.4. The van der Waals surface area contributed by atoms with Crippen molar-refractivity contribution in [2.24, 2.45) is 0 Å². The lowest BCUT2D eigenvalue weighted by atomic mass is 9.95. The highest BCUT2D eigenvalue weighted by atomic mass is 35.5. The quantitative estimate of drug-likeness (QED) is 0.266. The van der Waals surface area contributed by atoms with E-state index >= 15 is 0 Å². The van der Waals surface area contributed by atoms with E-state index in [1.54, 1.807) is 11.8 Å². The lowest BCUT2D eigenvalue weighted by molar-refractivity contribution is -0.113. The summed E-state index contributed by atoms with van der Waals surface area (Å²) in [6.07, 6.45) is 0. The molecule has 0 bridgehead atoms.